The van der Waals surface area contributed by atoms with E-state index in [1.807, 2.05) is 12.3 Å². The fourth-order valence-corrected chi connectivity index (χ4v) is 4.49. The second-order valence-electron chi connectivity index (χ2n) is 6.13. The first-order valence-electron chi connectivity index (χ1n) is 8.24. The molecule has 4 rings (SSSR count). The highest BCUT2D eigenvalue weighted by Crippen LogP contribution is 2.27. The number of hydrogen-bond donors (Lipinski definition) is 1. The minimum absolute atomic E-state index is 0.00945. The zero-order valence-electron chi connectivity index (χ0n) is 14.0. The standard InChI is InChI=1S/C19H19N3OS2/c1-24-19-20-17-7-8-22(11-16(17)18(23)21-19)10-15-9-14(12-25-15)13-5-3-2-4-6-13/h2-6,9,12H,7-8,10-11H2,1H3,(H,20,21,23). The van der Waals surface area contributed by atoms with Crippen molar-refractivity contribution in [2.45, 2.75) is 24.7 Å². The summed E-state index contributed by atoms with van der Waals surface area (Å²) >= 11 is 3.26. The Morgan fingerprint density at radius 3 is 2.92 bits per heavy atom. The van der Waals surface area contributed by atoms with Crippen LogP contribution in [0.2, 0.25) is 0 Å². The van der Waals surface area contributed by atoms with Gasteiger partial charge in [-0.3, -0.25) is 9.69 Å². The summed E-state index contributed by atoms with van der Waals surface area (Å²) in [6.07, 6.45) is 2.77. The lowest BCUT2D eigenvalue weighted by atomic mass is 10.1. The van der Waals surface area contributed by atoms with Gasteiger partial charge in [0.05, 0.1) is 11.3 Å². The Hall–Kier alpha value is -1.89. The molecule has 0 fully saturated rings. The van der Waals surface area contributed by atoms with E-state index in [1.54, 1.807) is 11.3 Å². The molecule has 0 atom stereocenters. The summed E-state index contributed by atoms with van der Waals surface area (Å²) in [6, 6.07) is 12.7. The molecule has 0 saturated carbocycles. The van der Waals surface area contributed by atoms with Gasteiger partial charge in [0.15, 0.2) is 5.16 Å². The van der Waals surface area contributed by atoms with Crippen molar-refractivity contribution in [2.24, 2.45) is 0 Å². The largest absolute Gasteiger partial charge is 0.301 e. The molecule has 0 bridgehead atoms. The Balaban J connectivity index is 1.50. The van der Waals surface area contributed by atoms with Gasteiger partial charge in [-0.2, -0.15) is 0 Å². The Bertz CT molecular complexity index is 933. The van der Waals surface area contributed by atoms with Crippen molar-refractivity contribution in [3.05, 3.63) is 68.3 Å². The van der Waals surface area contributed by atoms with Crippen LogP contribution in [0.5, 0.6) is 0 Å². The van der Waals surface area contributed by atoms with Gasteiger partial charge in [-0.25, -0.2) is 4.98 Å². The van der Waals surface area contributed by atoms with Crippen molar-refractivity contribution >= 4 is 23.1 Å². The summed E-state index contributed by atoms with van der Waals surface area (Å²) < 4.78 is 0. The first-order valence-corrected chi connectivity index (χ1v) is 10.3. The SMILES string of the molecule is CSc1nc2c(c(=O)[nH]1)CN(Cc1cc(-c3ccccc3)cs1)CC2. The maximum absolute atomic E-state index is 12.3. The predicted molar refractivity (Wildman–Crippen MR) is 104 cm³/mol. The molecule has 0 aliphatic carbocycles. The number of thiophene rings is 1. The molecule has 3 heterocycles. The highest BCUT2D eigenvalue weighted by Gasteiger charge is 2.21. The van der Waals surface area contributed by atoms with Gasteiger partial charge < -0.3 is 4.98 Å². The van der Waals surface area contributed by atoms with Gasteiger partial charge in [-0.15, -0.1) is 11.3 Å². The van der Waals surface area contributed by atoms with Gasteiger partial charge in [0.1, 0.15) is 0 Å². The zero-order chi connectivity index (χ0) is 17.2. The number of benzene rings is 1. The lowest BCUT2D eigenvalue weighted by molar-refractivity contribution is 0.243. The van der Waals surface area contributed by atoms with Gasteiger partial charge >= 0.3 is 0 Å². The third kappa shape index (κ3) is 3.56. The molecule has 4 nitrogen and oxygen atoms in total. The Labute approximate surface area is 154 Å². The fraction of sp³-hybridized carbons (Fsp3) is 0.263. The number of rotatable bonds is 4. The number of nitrogens with zero attached hydrogens (tertiary/aromatic N) is 2. The van der Waals surface area contributed by atoms with Crippen LogP contribution in [0.15, 0.2) is 51.7 Å². The van der Waals surface area contributed by atoms with Gasteiger partial charge in [-0.1, -0.05) is 42.1 Å². The second-order valence-corrected chi connectivity index (χ2v) is 7.92. The van der Waals surface area contributed by atoms with Crippen molar-refractivity contribution in [2.75, 3.05) is 12.8 Å². The van der Waals surface area contributed by atoms with E-state index in [4.69, 9.17) is 0 Å². The van der Waals surface area contributed by atoms with Crippen LogP contribution >= 0.6 is 23.1 Å². The number of fused-ring (bicyclic) bond motifs is 1. The highest BCUT2D eigenvalue weighted by atomic mass is 32.2. The fourth-order valence-electron chi connectivity index (χ4n) is 3.16. The third-order valence-corrected chi connectivity index (χ3v) is 5.96. The number of aromatic amines is 1. The summed E-state index contributed by atoms with van der Waals surface area (Å²) in [4.78, 5) is 23.4. The van der Waals surface area contributed by atoms with Crippen LogP contribution in [0.4, 0.5) is 0 Å². The van der Waals surface area contributed by atoms with E-state index in [-0.39, 0.29) is 5.56 Å². The van der Waals surface area contributed by atoms with E-state index >= 15 is 0 Å². The molecule has 3 aromatic rings. The minimum atomic E-state index is 0.00945. The average molecular weight is 370 g/mol. The molecule has 0 unspecified atom stereocenters. The number of H-pyrrole nitrogens is 1. The molecule has 0 amide bonds. The molecule has 1 aromatic carbocycles. The number of thioether (sulfide) groups is 1. The molecular formula is C19H19N3OS2. The molecule has 0 radical (unpaired) electrons. The van der Waals surface area contributed by atoms with Crippen LogP contribution in [0.1, 0.15) is 16.1 Å². The summed E-state index contributed by atoms with van der Waals surface area (Å²) in [6.45, 7) is 2.49. The van der Waals surface area contributed by atoms with Crippen molar-refractivity contribution < 1.29 is 0 Å². The van der Waals surface area contributed by atoms with Gasteiger partial charge in [0, 0.05) is 30.9 Å². The van der Waals surface area contributed by atoms with Crippen LogP contribution in [0, 0.1) is 0 Å². The number of aromatic nitrogens is 2. The highest BCUT2D eigenvalue weighted by molar-refractivity contribution is 7.98. The van der Waals surface area contributed by atoms with Gasteiger partial charge in [0.25, 0.3) is 5.56 Å². The van der Waals surface area contributed by atoms with Crippen molar-refractivity contribution in [3.8, 4) is 11.1 Å². The molecule has 0 saturated heterocycles. The van der Waals surface area contributed by atoms with E-state index in [0.29, 0.717) is 11.7 Å². The summed E-state index contributed by atoms with van der Waals surface area (Å²) in [7, 11) is 0. The quantitative estimate of drug-likeness (QED) is 0.562. The lowest BCUT2D eigenvalue weighted by Crippen LogP contribution is -2.35. The van der Waals surface area contributed by atoms with Crippen LogP contribution < -0.4 is 5.56 Å². The zero-order valence-corrected chi connectivity index (χ0v) is 15.6. The predicted octanol–water partition coefficient (Wildman–Crippen LogP) is 3.78. The van der Waals surface area contributed by atoms with Crippen LogP contribution in [0.3, 0.4) is 0 Å². The molecule has 1 aliphatic rings. The van der Waals surface area contributed by atoms with E-state index in [1.165, 1.54) is 27.8 Å². The molecule has 25 heavy (non-hydrogen) atoms. The first-order chi connectivity index (χ1) is 12.2. The Kier molecular flexibility index (Phi) is 4.74. The topological polar surface area (TPSA) is 49.0 Å². The molecule has 6 heteroatoms. The Morgan fingerprint density at radius 2 is 2.12 bits per heavy atom. The molecular weight excluding hydrogens is 350 g/mol. The van der Waals surface area contributed by atoms with Crippen LogP contribution in [-0.2, 0) is 19.5 Å². The average Bonchev–Trinajstić information content (AvgIpc) is 3.11. The number of nitrogens with one attached hydrogen (secondary N) is 1. The maximum atomic E-state index is 12.3. The van der Waals surface area contributed by atoms with Crippen LogP contribution in [0.25, 0.3) is 11.1 Å². The monoisotopic (exact) mass is 369 g/mol. The third-order valence-electron chi connectivity index (χ3n) is 4.46. The summed E-state index contributed by atoms with van der Waals surface area (Å²) in [5, 5.41) is 2.92. The van der Waals surface area contributed by atoms with Gasteiger partial charge in [-0.05, 0) is 28.8 Å². The number of hydrogen-bond acceptors (Lipinski definition) is 5. The van der Waals surface area contributed by atoms with Gasteiger partial charge in [0.2, 0.25) is 0 Å². The molecule has 0 spiro atoms. The summed E-state index contributed by atoms with van der Waals surface area (Å²) in [5.74, 6) is 0. The molecule has 1 N–H and O–H groups in total. The summed E-state index contributed by atoms with van der Waals surface area (Å²) in [5.41, 5.74) is 4.31. The lowest BCUT2D eigenvalue weighted by Gasteiger charge is -2.27. The van der Waals surface area contributed by atoms with E-state index in [0.717, 1.165) is 30.8 Å². The molecule has 2 aromatic heterocycles. The first kappa shape index (κ1) is 16.6. The van der Waals surface area contributed by atoms with E-state index < -0.39 is 0 Å². The van der Waals surface area contributed by atoms with Crippen molar-refractivity contribution in [1.29, 1.82) is 0 Å². The normalized spacial score (nSPS) is 14.4. The Morgan fingerprint density at radius 1 is 1.28 bits per heavy atom. The molecule has 1 aliphatic heterocycles. The van der Waals surface area contributed by atoms with Crippen molar-refractivity contribution in [1.82, 2.24) is 14.9 Å². The smallest absolute Gasteiger partial charge is 0.256 e. The van der Waals surface area contributed by atoms with E-state index in [2.05, 4.69) is 50.6 Å². The van der Waals surface area contributed by atoms with E-state index in [9.17, 15) is 4.79 Å². The van der Waals surface area contributed by atoms with Crippen molar-refractivity contribution in [3.63, 3.8) is 0 Å². The maximum Gasteiger partial charge on any atom is 0.256 e. The minimum Gasteiger partial charge on any atom is -0.301 e. The molecule has 128 valence electrons. The van der Waals surface area contributed by atoms with Crippen LogP contribution in [-0.4, -0.2) is 27.7 Å². The second kappa shape index (κ2) is 7.15.